The number of thioether (sulfide) groups is 1. The Balaban J connectivity index is 1.40. The van der Waals surface area contributed by atoms with Crippen LogP contribution in [0.4, 0.5) is 0 Å². The summed E-state index contributed by atoms with van der Waals surface area (Å²) in [4.78, 5) is 31.4. The molecule has 0 atom stereocenters. The molecule has 0 aromatic heterocycles. The minimum Gasteiger partial charge on any atom is -0.340 e. The van der Waals surface area contributed by atoms with Crippen LogP contribution < -0.4 is 0 Å². The molecule has 0 unspecified atom stereocenters. The molecule has 0 aliphatic carbocycles. The van der Waals surface area contributed by atoms with Crippen LogP contribution in [0.1, 0.15) is 31.2 Å². The fourth-order valence-electron chi connectivity index (χ4n) is 3.34. The van der Waals surface area contributed by atoms with Gasteiger partial charge >= 0.3 is 0 Å². The summed E-state index contributed by atoms with van der Waals surface area (Å²) < 4.78 is 0.601. The topological polar surface area (TPSA) is 43.9 Å². The minimum absolute atomic E-state index is 0.0385. The molecular weight excluding hydrogens is 426 g/mol. The second kappa shape index (κ2) is 10.6. The summed E-state index contributed by atoms with van der Waals surface area (Å²) in [6.45, 7) is 4.15. The van der Waals surface area contributed by atoms with Gasteiger partial charge in [0.15, 0.2) is 0 Å². The zero-order valence-electron chi connectivity index (χ0n) is 16.6. The van der Waals surface area contributed by atoms with Crippen molar-refractivity contribution < 1.29 is 9.59 Å². The predicted octanol–water partition coefficient (Wildman–Crippen LogP) is 3.88. The number of hydrogen-bond acceptors (Lipinski definition) is 5. The molecule has 2 saturated heterocycles. The molecule has 0 radical (unpaired) electrons. The van der Waals surface area contributed by atoms with E-state index in [1.165, 1.54) is 11.8 Å². The van der Waals surface area contributed by atoms with Gasteiger partial charge in [0.05, 0.1) is 4.91 Å². The number of unbranched alkanes of at least 4 members (excludes halogenated alkanes) is 2. The summed E-state index contributed by atoms with van der Waals surface area (Å²) in [5, 5.41) is 0.667. The molecule has 5 nitrogen and oxygen atoms in total. The van der Waals surface area contributed by atoms with Gasteiger partial charge in [-0.1, -0.05) is 54.1 Å². The molecule has 0 bridgehead atoms. The average Bonchev–Trinajstić information content (AvgIpc) is 2.97. The highest BCUT2D eigenvalue weighted by atomic mass is 35.5. The zero-order chi connectivity index (χ0) is 20.8. The highest BCUT2D eigenvalue weighted by molar-refractivity contribution is 8.26. The third kappa shape index (κ3) is 6.28. The van der Waals surface area contributed by atoms with Crippen LogP contribution in [0.2, 0.25) is 5.02 Å². The van der Waals surface area contributed by atoms with Crippen LogP contribution >= 0.6 is 35.6 Å². The Kier molecular flexibility index (Phi) is 8.12. The van der Waals surface area contributed by atoms with Crippen LogP contribution in [-0.2, 0) is 9.59 Å². The van der Waals surface area contributed by atoms with Crippen molar-refractivity contribution in [3.8, 4) is 0 Å². The molecule has 2 fully saturated rings. The number of carbonyl (C=O) groups is 2. The van der Waals surface area contributed by atoms with Gasteiger partial charge in [-0.15, -0.1) is 0 Å². The van der Waals surface area contributed by atoms with Gasteiger partial charge in [0.1, 0.15) is 4.32 Å². The Labute approximate surface area is 187 Å². The molecular formula is C21H26ClN3O2S2. The number of piperazine rings is 1. The summed E-state index contributed by atoms with van der Waals surface area (Å²) in [5.41, 5.74) is 0.928. The average molecular weight is 452 g/mol. The number of thiocarbonyl (C=S) groups is 1. The fraction of sp³-hybridized carbons (Fsp3) is 0.476. The van der Waals surface area contributed by atoms with E-state index in [2.05, 4.69) is 11.9 Å². The summed E-state index contributed by atoms with van der Waals surface area (Å²) in [7, 11) is 2.08. The first-order valence-electron chi connectivity index (χ1n) is 9.91. The van der Waals surface area contributed by atoms with Gasteiger partial charge in [-0.25, -0.2) is 0 Å². The van der Waals surface area contributed by atoms with Crippen LogP contribution in [0, 0.1) is 0 Å². The molecule has 2 aliphatic heterocycles. The number of carbonyl (C=O) groups excluding carboxylic acids is 2. The molecule has 0 saturated carbocycles. The lowest BCUT2D eigenvalue weighted by Crippen LogP contribution is -2.47. The van der Waals surface area contributed by atoms with E-state index >= 15 is 0 Å². The first-order chi connectivity index (χ1) is 13.9. The second-order valence-electron chi connectivity index (χ2n) is 7.38. The van der Waals surface area contributed by atoms with Crippen LogP contribution in [0.3, 0.4) is 0 Å². The Morgan fingerprint density at radius 3 is 2.52 bits per heavy atom. The molecule has 2 aliphatic rings. The summed E-state index contributed by atoms with van der Waals surface area (Å²) in [6, 6.07) is 7.37. The monoisotopic (exact) mass is 451 g/mol. The van der Waals surface area contributed by atoms with Crippen molar-refractivity contribution in [1.29, 1.82) is 0 Å². The van der Waals surface area contributed by atoms with Crippen LogP contribution in [0.15, 0.2) is 29.2 Å². The van der Waals surface area contributed by atoms with Crippen molar-refractivity contribution in [3.05, 3.63) is 39.8 Å². The molecule has 0 N–H and O–H groups in total. The van der Waals surface area contributed by atoms with Gasteiger partial charge in [0.25, 0.3) is 5.91 Å². The van der Waals surface area contributed by atoms with Crippen molar-refractivity contribution in [2.45, 2.75) is 25.7 Å². The third-order valence-electron chi connectivity index (χ3n) is 5.17. The summed E-state index contributed by atoms with van der Waals surface area (Å²) in [5.74, 6) is 0.207. The van der Waals surface area contributed by atoms with Crippen molar-refractivity contribution >= 4 is 57.8 Å². The molecule has 156 valence electrons. The van der Waals surface area contributed by atoms with Gasteiger partial charge in [-0.3, -0.25) is 14.5 Å². The number of likely N-dealkylation sites (N-methyl/N-ethyl adjacent to an activating group) is 1. The molecule has 2 heterocycles. The molecule has 0 spiro atoms. The van der Waals surface area contributed by atoms with E-state index in [-0.39, 0.29) is 11.8 Å². The maximum Gasteiger partial charge on any atom is 0.266 e. The standard InChI is InChI=1S/C21H26ClN3O2S2/c1-23-11-13-24(14-12-23)19(26)5-3-2-4-10-25-20(27)18(29-21(25)28)15-16-6-8-17(22)9-7-16/h6-9,15H,2-5,10-14H2,1H3/b18-15-. The number of nitrogens with zero attached hydrogens (tertiary/aromatic N) is 3. The third-order valence-corrected chi connectivity index (χ3v) is 6.80. The van der Waals surface area contributed by atoms with Crippen LogP contribution in [-0.4, -0.2) is 70.6 Å². The largest absolute Gasteiger partial charge is 0.340 e. The van der Waals surface area contributed by atoms with E-state index in [0.717, 1.165) is 51.0 Å². The SMILES string of the molecule is CN1CCN(C(=O)CCCCCN2C(=O)/C(=C/c3ccc(Cl)cc3)SC2=S)CC1. The zero-order valence-corrected chi connectivity index (χ0v) is 19.0. The molecule has 8 heteroatoms. The highest BCUT2D eigenvalue weighted by Gasteiger charge is 2.31. The molecule has 1 aromatic carbocycles. The number of amides is 2. The van der Waals surface area contributed by atoms with Crippen LogP contribution in [0.5, 0.6) is 0 Å². The molecule has 29 heavy (non-hydrogen) atoms. The van der Waals surface area contributed by atoms with Crippen molar-refractivity contribution in [1.82, 2.24) is 14.7 Å². The predicted molar refractivity (Wildman–Crippen MR) is 124 cm³/mol. The number of benzene rings is 1. The number of rotatable bonds is 7. The van der Waals surface area contributed by atoms with E-state index in [4.69, 9.17) is 23.8 Å². The number of hydrogen-bond donors (Lipinski definition) is 0. The van der Waals surface area contributed by atoms with Crippen molar-refractivity contribution in [3.63, 3.8) is 0 Å². The Morgan fingerprint density at radius 2 is 1.83 bits per heavy atom. The lowest BCUT2D eigenvalue weighted by Gasteiger charge is -2.32. The second-order valence-corrected chi connectivity index (χ2v) is 9.49. The van der Waals surface area contributed by atoms with E-state index < -0.39 is 0 Å². The van der Waals surface area contributed by atoms with Gasteiger partial charge in [-0.05, 0) is 43.7 Å². The first kappa shape index (κ1) is 22.3. The minimum atomic E-state index is -0.0385. The van der Waals surface area contributed by atoms with Gasteiger partial charge < -0.3 is 9.80 Å². The van der Waals surface area contributed by atoms with Crippen LogP contribution in [0.25, 0.3) is 6.08 Å². The number of halogens is 1. The van der Waals surface area contributed by atoms with E-state index in [1.54, 1.807) is 17.0 Å². The van der Waals surface area contributed by atoms with Crippen molar-refractivity contribution in [2.75, 3.05) is 39.8 Å². The van der Waals surface area contributed by atoms with E-state index in [0.29, 0.717) is 27.2 Å². The first-order valence-corrected chi connectivity index (χ1v) is 11.5. The smallest absolute Gasteiger partial charge is 0.266 e. The van der Waals surface area contributed by atoms with Gasteiger partial charge in [0.2, 0.25) is 5.91 Å². The fourth-order valence-corrected chi connectivity index (χ4v) is 4.77. The van der Waals surface area contributed by atoms with Crippen molar-refractivity contribution in [2.24, 2.45) is 0 Å². The maximum atomic E-state index is 12.7. The van der Waals surface area contributed by atoms with Gasteiger partial charge in [0, 0.05) is 44.2 Å². The molecule has 2 amide bonds. The normalized spacial score (nSPS) is 19.4. The maximum absolute atomic E-state index is 12.7. The van der Waals surface area contributed by atoms with E-state index in [1.807, 2.05) is 23.1 Å². The Bertz CT molecular complexity index is 790. The summed E-state index contributed by atoms with van der Waals surface area (Å²) in [6.07, 6.45) is 5.03. The van der Waals surface area contributed by atoms with Gasteiger partial charge in [-0.2, -0.15) is 0 Å². The quantitative estimate of drug-likeness (QED) is 0.357. The Morgan fingerprint density at radius 1 is 1.14 bits per heavy atom. The summed E-state index contributed by atoms with van der Waals surface area (Å²) >= 11 is 12.6. The Hall–Kier alpha value is -1.41. The lowest BCUT2D eigenvalue weighted by molar-refractivity contribution is -0.133. The lowest BCUT2D eigenvalue weighted by atomic mass is 10.1. The van der Waals surface area contributed by atoms with E-state index in [9.17, 15) is 9.59 Å². The molecule has 1 aromatic rings. The highest BCUT2D eigenvalue weighted by Crippen LogP contribution is 2.33. The molecule has 3 rings (SSSR count).